The van der Waals surface area contributed by atoms with Gasteiger partial charge in [-0.25, -0.2) is 0 Å². The van der Waals surface area contributed by atoms with Crippen LogP contribution in [0.3, 0.4) is 0 Å². The van der Waals surface area contributed by atoms with Gasteiger partial charge < -0.3 is 14.7 Å². The molecule has 0 fully saturated rings. The molecular weight excluding hydrogens is 302 g/mol. The molecule has 132 valence electrons. The Hall–Kier alpha value is -2.14. The van der Waals surface area contributed by atoms with Crippen LogP contribution in [-0.4, -0.2) is 54.9 Å². The van der Waals surface area contributed by atoms with Crippen molar-refractivity contribution in [3.8, 4) is 0 Å². The van der Waals surface area contributed by atoms with E-state index in [-0.39, 0.29) is 11.8 Å². The Bertz CT molecular complexity index is 591. The molecule has 0 aliphatic carbocycles. The maximum Gasteiger partial charge on any atom is 0.250 e. The molecule has 0 heterocycles. The number of hydrogen-bond acceptors (Lipinski definition) is 2. The van der Waals surface area contributed by atoms with Crippen LogP contribution in [0, 0.1) is 0 Å². The normalized spacial score (nSPS) is 11.0. The van der Waals surface area contributed by atoms with Crippen molar-refractivity contribution in [1.82, 2.24) is 4.90 Å². The second-order valence-corrected chi connectivity index (χ2v) is 6.85. The molecule has 2 amide bonds. The van der Waals surface area contributed by atoms with Gasteiger partial charge in [0, 0.05) is 24.7 Å². The summed E-state index contributed by atoms with van der Waals surface area (Å²) in [4.78, 5) is 25.4. The number of quaternary nitrogens is 1. The highest BCUT2D eigenvalue weighted by atomic mass is 16.2. The predicted octanol–water partition coefficient (Wildman–Crippen LogP) is 2.65. The lowest BCUT2D eigenvalue weighted by molar-refractivity contribution is -0.887. The Balaban J connectivity index is 2.69. The summed E-state index contributed by atoms with van der Waals surface area (Å²) in [6.45, 7) is 12.3. The molecule has 0 saturated heterocycles. The van der Waals surface area contributed by atoms with Gasteiger partial charge in [0.15, 0.2) is 0 Å². The van der Waals surface area contributed by atoms with Crippen LogP contribution >= 0.6 is 0 Å². The first-order chi connectivity index (χ1) is 11.1. The molecule has 0 unspecified atom stereocenters. The lowest BCUT2D eigenvalue weighted by Gasteiger charge is -2.31. The number of hydrogen-bond donors (Lipinski definition) is 1. The average Bonchev–Trinajstić information content (AvgIpc) is 2.52. The molecule has 1 aromatic rings. The highest BCUT2D eigenvalue weighted by Crippen LogP contribution is 2.13. The first-order valence-corrected chi connectivity index (χ1v) is 8.28. The Labute approximate surface area is 145 Å². The van der Waals surface area contributed by atoms with Gasteiger partial charge in [-0.05, 0) is 31.5 Å². The Morgan fingerprint density at radius 1 is 1.17 bits per heavy atom. The Kier molecular flexibility index (Phi) is 7.17. The highest BCUT2D eigenvalue weighted by Gasteiger charge is 2.16. The summed E-state index contributed by atoms with van der Waals surface area (Å²) in [5.41, 5.74) is 2.24. The fourth-order valence-corrected chi connectivity index (χ4v) is 2.05. The van der Waals surface area contributed by atoms with Gasteiger partial charge in [-0.1, -0.05) is 18.7 Å². The van der Waals surface area contributed by atoms with Gasteiger partial charge in [-0.15, -0.1) is 0 Å². The first-order valence-electron chi connectivity index (χ1n) is 8.28. The zero-order chi connectivity index (χ0) is 18.3. The number of nitrogens with one attached hydrogen (secondary N) is 1. The second kappa shape index (κ2) is 8.64. The van der Waals surface area contributed by atoms with Crippen molar-refractivity contribution in [1.29, 1.82) is 0 Å². The van der Waals surface area contributed by atoms with Gasteiger partial charge in [0.2, 0.25) is 5.91 Å². The minimum absolute atomic E-state index is 0.0748. The van der Waals surface area contributed by atoms with Crippen LogP contribution in [0.2, 0.25) is 0 Å². The molecule has 1 aromatic carbocycles. The number of carbonyl (C=O) groups excluding carboxylic acids is 2. The highest BCUT2D eigenvalue weighted by molar-refractivity contribution is 6.02. The van der Waals surface area contributed by atoms with Crippen LogP contribution in [0.5, 0.6) is 0 Å². The third-order valence-electron chi connectivity index (χ3n) is 4.25. The first kappa shape index (κ1) is 19.9. The zero-order valence-electron chi connectivity index (χ0n) is 15.6. The summed E-state index contributed by atoms with van der Waals surface area (Å²) in [6, 6.07) is 7.56. The molecule has 1 N–H and O–H groups in total. The van der Waals surface area contributed by atoms with E-state index in [0.29, 0.717) is 12.1 Å². The number of rotatable bonds is 8. The number of nitrogens with zero attached hydrogens (tertiary/aromatic N) is 2. The van der Waals surface area contributed by atoms with E-state index < -0.39 is 0 Å². The van der Waals surface area contributed by atoms with Crippen molar-refractivity contribution in [2.24, 2.45) is 0 Å². The molecule has 0 atom stereocenters. The summed E-state index contributed by atoms with van der Waals surface area (Å²) < 4.78 is 0.885. The molecule has 0 aliphatic heterocycles. The van der Waals surface area contributed by atoms with Gasteiger partial charge >= 0.3 is 0 Å². The van der Waals surface area contributed by atoms with Crippen LogP contribution in [0.15, 0.2) is 36.4 Å². The number of anilines is 1. The van der Waals surface area contributed by atoms with Crippen LogP contribution in [-0.2, 0) is 16.1 Å². The van der Waals surface area contributed by atoms with Gasteiger partial charge in [-0.3, -0.25) is 9.59 Å². The fraction of sp³-hybridized carbons (Fsp3) is 0.474. The van der Waals surface area contributed by atoms with E-state index in [4.69, 9.17) is 0 Å². The summed E-state index contributed by atoms with van der Waals surface area (Å²) in [7, 11) is 4.33. The van der Waals surface area contributed by atoms with Crippen LogP contribution in [0.4, 0.5) is 5.69 Å². The summed E-state index contributed by atoms with van der Waals surface area (Å²) in [5.74, 6) is -0.113. The molecule has 0 aliphatic rings. The molecule has 24 heavy (non-hydrogen) atoms. The third-order valence-corrected chi connectivity index (χ3v) is 4.25. The molecule has 0 bridgehead atoms. The largest absolute Gasteiger partial charge is 0.333 e. The van der Waals surface area contributed by atoms with Gasteiger partial charge in [0.05, 0.1) is 33.7 Å². The average molecular weight is 332 g/mol. The molecule has 0 spiro atoms. The van der Waals surface area contributed by atoms with Crippen molar-refractivity contribution in [2.45, 2.75) is 27.3 Å². The van der Waals surface area contributed by atoms with Crippen molar-refractivity contribution in [3.05, 3.63) is 42.0 Å². The Morgan fingerprint density at radius 2 is 1.75 bits per heavy atom. The zero-order valence-corrected chi connectivity index (χ0v) is 15.6. The van der Waals surface area contributed by atoms with Crippen molar-refractivity contribution in [2.75, 3.05) is 39.0 Å². The van der Waals surface area contributed by atoms with Gasteiger partial charge in [-0.2, -0.15) is 0 Å². The standard InChI is InChI=1S/C19H29N3O2/c1-7-22(5,6)13-12-21(16(4)23)14-17-8-10-18(11-9-17)20-19(24)15(2)3/h8-11H,2,7,12-14H2,1,3-6H3/p+1. The topological polar surface area (TPSA) is 49.4 Å². The van der Waals surface area contributed by atoms with E-state index in [1.807, 2.05) is 29.2 Å². The van der Waals surface area contributed by atoms with Crippen LogP contribution in [0.25, 0.3) is 0 Å². The SMILES string of the molecule is C=C(C)C(=O)Nc1ccc(CN(CC[N+](C)(C)CC)C(C)=O)cc1. The maximum atomic E-state index is 11.9. The number of likely N-dealkylation sites (N-methyl/N-ethyl adjacent to an activating group) is 1. The predicted molar refractivity (Wildman–Crippen MR) is 98.5 cm³/mol. The monoisotopic (exact) mass is 332 g/mol. The minimum atomic E-state index is -0.187. The van der Waals surface area contributed by atoms with E-state index in [0.717, 1.165) is 35.4 Å². The molecule has 5 heteroatoms. The summed E-state index contributed by atoms with van der Waals surface area (Å²) in [5, 5.41) is 2.78. The maximum absolute atomic E-state index is 11.9. The molecule has 0 saturated carbocycles. The fourth-order valence-electron chi connectivity index (χ4n) is 2.05. The van der Waals surface area contributed by atoms with E-state index in [1.54, 1.807) is 13.8 Å². The summed E-state index contributed by atoms with van der Waals surface area (Å²) >= 11 is 0. The van der Waals surface area contributed by atoms with E-state index in [9.17, 15) is 9.59 Å². The quantitative estimate of drug-likeness (QED) is 0.588. The van der Waals surface area contributed by atoms with Gasteiger partial charge in [0.25, 0.3) is 5.91 Å². The molecule has 1 rings (SSSR count). The number of benzene rings is 1. The van der Waals surface area contributed by atoms with Gasteiger partial charge in [0.1, 0.15) is 0 Å². The van der Waals surface area contributed by atoms with Crippen molar-refractivity contribution < 1.29 is 14.1 Å². The number of amides is 2. The Morgan fingerprint density at radius 3 is 2.21 bits per heavy atom. The minimum Gasteiger partial charge on any atom is -0.333 e. The van der Waals surface area contributed by atoms with Crippen LogP contribution in [0.1, 0.15) is 26.3 Å². The van der Waals surface area contributed by atoms with E-state index in [2.05, 4.69) is 32.9 Å². The lowest BCUT2D eigenvalue weighted by Crippen LogP contribution is -2.46. The van der Waals surface area contributed by atoms with E-state index >= 15 is 0 Å². The summed E-state index contributed by atoms with van der Waals surface area (Å²) in [6.07, 6.45) is 0. The third kappa shape index (κ3) is 6.54. The van der Waals surface area contributed by atoms with Crippen molar-refractivity contribution >= 4 is 17.5 Å². The molecule has 0 aromatic heterocycles. The molecule has 0 radical (unpaired) electrons. The van der Waals surface area contributed by atoms with E-state index in [1.165, 1.54) is 0 Å². The lowest BCUT2D eigenvalue weighted by atomic mass is 10.2. The molecule has 5 nitrogen and oxygen atoms in total. The smallest absolute Gasteiger partial charge is 0.250 e. The molecular formula is C19H30N3O2+. The number of carbonyl (C=O) groups is 2. The van der Waals surface area contributed by atoms with Crippen LogP contribution < -0.4 is 5.32 Å². The second-order valence-electron chi connectivity index (χ2n) is 6.85. The van der Waals surface area contributed by atoms with Crippen molar-refractivity contribution in [3.63, 3.8) is 0 Å².